The summed E-state index contributed by atoms with van der Waals surface area (Å²) in [4.78, 5) is 1.76. The summed E-state index contributed by atoms with van der Waals surface area (Å²) >= 11 is 0. The fraction of sp³-hybridized carbons (Fsp3) is 1.00. The van der Waals surface area contributed by atoms with Gasteiger partial charge < -0.3 is 10.5 Å². The van der Waals surface area contributed by atoms with Crippen LogP contribution in [0.2, 0.25) is 0 Å². The summed E-state index contributed by atoms with van der Waals surface area (Å²) in [6.45, 7) is 0.756. The highest BCUT2D eigenvalue weighted by atomic mass is 19.1. The Balaban J connectivity index is 2.40. The minimum atomic E-state index is -0.645. The van der Waals surface area contributed by atoms with E-state index in [9.17, 15) is 8.78 Å². The largest absolute Gasteiger partial charge is 0.374 e. The Morgan fingerprint density at radius 2 is 2.15 bits per heavy atom. The van der Waals surface area contributed by atoms with Crippen molar-refractivity contribution in [2.24, 2.45) is 5.73 Å². The van der Waals surface area contributed by atoms with Crippen LogP contribution in [0, 0.1) is 0 Å². The second-order valence-electron chi connectivity index (χ2n) is 3.19. The molecule has 0 aromatic heterocycles. The van der Waals surface area contributed by atoms with Crippen LogP contribution in [0.4, 0.5) is 8.78 Å². The molecule has 3 nitrogen and oxygen atoms in total. The summed E-state index contributed by atoms with van der Waals surface area (Å²) in [7, 11) is 0. The average molecular weight is 194 g/mol. The Hall–Kier alpha value is -0.260. The lowest BCUT2D eigenvalue weighted by atomic mass is 10.2. The van der Waals surface area contributed by atoms with E-state index in [-0.39, 0.29) is 6.10 Å². The number of halogens is 2. The van der Waals surface area contributed by atoms with E-state index in [1.165, 1.54) is 0 Å². The van der Waals surface area contributed by atoms with Gasteiger partial charge in [-0.3, -0.25) is 4.90 Å². The third-order valence-electron chi connectivity index (χ3n) is 2.31. The zero-order valence-corrected chi connectivity index (χ0v) is 7.59. The first-order chi connectivity index (χ1) is 6.31. The van der Waals surface area contributed by atoms with Crippen molar-refractivity contribution < 1.29 is 13.5 Å². The Morgan fingerprint density at radius 1 is 1.46 bits per heavy atom. The van der Waals surface area contributed by atoms with Crippen molar-refractivity contribution in [3.63, 3.8) is 0 Å². The van der Waals surface area contributed by atoms with Gasteiger partial charge in [-0.2, -0.15) is 0 Å². The second kappa shape index (κ2) is 5.47. The van der Waals surface area contributed by atoms with E-state index in [0.717, 1.165) is 0 Å². The zero-order valence-electron chi connectivity index (χ0n) is 7.59. The number of hydrogen-bond donors (Lipinski definition) is 1. The molecule has 1 aliphatic rings. The van der Waals surface area contributed by atoms with E-state index in [1.54, 1.807) is 4.90 Å². The van der Waals surface area contributed by atoms with E-state index < -0.39 is 19.4 Å². The summed E-state index contributed by atoms with van der Waals surface area (Å²) in [5.41, 5.74) is 5.41. The summed E-state index contributed by atoms with van der Waals surface area (Å²) < 4.78 is 29.9. The van der Waals surface area contributed by atoms with Crippen LogP contribution in [0.15, 0.2) is 0 Å². The van der Waals surface area contributed by atoms with Crippen LogP contribution < -0.4 is 5.73 Å². The molecule has 1 unspecified atom stereocenters. The normalized spacial score (nSPS) is 25.4. The zero-order chi connectivity index (χ0) is 9.68. The lowest BCUT2D eigenvalue weighted by molar-refractivity contribution is -0.0447. The van der Waals surface area contributed by atoms with Crippen molar-refractivity contribution in [1.82, 2.24) is 4.90 Å². The maximum atomic E-state index is 12.3. The molecule has 0 bridgehead atoms. The van der Waals surface area contributed by atoms with Crippen LogP contribution in [-0.4, -0.2) is 56.6 Å². The van der Waals surface area contributed by atoms with Crippen molar-refractivity contribution >= 4 is 0 Å². The van der Waals surface area contributed by atoms with Gasteiger partial charge in [0.25, 0.3) is 0 Å². The fourth-order valence-corrected chi connectivity index (χ4v) is 1.45. The summed E-state index contributed by atoms with van der Waals surface area (Å²) in [5.74, 6) is 0. The number of nitrogens with two attached hydrogens (primary N) is 1. The standard InChI is InChI=1S/C8H16F2N2O/c9-3-7(4-10)12-1-2-13-8(5-11)6-12/h7-8H,1-6,11H2. The highest BCUT2D eigenvalue weighted by Gasteiger charge is 2.25. The lowest BCUT2D eigenvalue weighted by Gasteiger charge is -2.35. The van der Waals surface area contributed by atoms with Crippen LogP contribution >= 0.6 is 0 Å². The van der Waals surface area contributed by atoms with E-state index in [4.69, 9.17) is 10.5 Å². The van der Waals surface area contributed by atoms with Crippen molar-refractivity contribution in [3.05, 3.63) is 0 Å². The van der Waals surface area contributed by atoms with Gasteiger partial charge in [-0.15, -0.1) is 0 Å². The first-order valence-corrected chi connectivity index (χ1v) is 4.49. The number of morpholine rings is 1. The first kappa shape index (κ1) is 10.8. The second-order valence-corrected chi connectivity index (χ2v) is 3.19. The van der Waals surface area contributed by atoms with Crippen LogP contribution in [0.25, 0.3) is 0 Å². The molecule has 0 aromatic carbocycles. The van der Waals surface area contributed by atoms with Gasteiger partial charge in [0, 0.05) is 19.6 Å². The maximum Gasteiger partial charge on any atom is 0.107 e. The molecule has 0 aliphatic carbocycles. The van der Waals surface area contributed by atoms with Crippen molar-refractivity contribution in [2.75, 3.05) is 39.6 Å². The number of rotatable bonds is 4. The molecular weight excluding hydrogens is 178 g/mol. The molecule has 2 N–H and O–H groups in total. The Labute approximate surface area is 76.8 Å². The van der Waals surface area contributed by atoms with Gasteiger partial charge in [0.1, 0.15) is 13.3 Å². The molecule has 1 aliphatic heterocycles. The molecule has 1 saturated heterocycles. The molecule has 0 saturated carbocycles. The monoisotopic (exact) mass is 194 g/mol. The predicted octanol–water partition coefficient (Wildman–Crippen LogP) is -0.0465. The molecule has 5 heteroatoms. The molecule has 1 fully saturated rings. The third kappa shape index (κ3) is 2.86. The molecule has 78 valence electrons. The highest BCUT2D eigenvalue weighted by Crippen LogP contribution is 2.09. The molecule has 1 heterocycles. The van der Waals surface area contributed by atoms with Crippen LogP contribution in [0.1, 0.15) is 0 Å². The summed E-state index contributed by atoms with van der Waals surface area (Å²) in [6, 6.07) is -0.613. The van der Waals surface area contributed by atoms with Gasteiger partial charge in [-0.1, -0.05) is 0 Å². The van der Waals surface area contributed by atoms with Crippen molar-refractivity contribution in [3.8, 4) is 0 Å². The number of ether oxygens (including phenoxy) is 1. The molecule has 0 radical (unpaired) electrons. The smallest absolute Gasteiger partial charge is 0.107 e. The van der Waals surface area contributed by atoms with E-state index in [0.29, 0.717) is 26.2 Å². The predicted molar refractivity (Wildman–Crippen MR) is 46.1 cm³/mol. The molecule has 0 amide bonds. The van der Waals surface area contributed by atoms with Crippen molar-refractivity contribution in [2.45, 2.75) is 12.1 Å². The number of nitrogens with zero attached hydrogens (tertiary/aromatic N) is 1. The van der Waals surface area contributed by atoms with E-state index in [1.807, 2.05) is 0 Å². The topological polar surface area (TPSA) is 38.5 Å². The van der Waals surface area contributed by atoms with Crippen LogP contribution in [0.3, 0.4) is 0 Å². The van der Waals surface area contributed by atoms with E-state index in [2.05, 4.69) is 0 Å². The Morgan fingerprint density at radius 3 is 2.69 bits per heavy atom. The molecule has 1 atom stereocenters. The fourth-order valence-electron chi connectivity index (χ4n) is 1.45. The van der Waals surface area contributed by atoms with Gasteiger partial charge in [-0.05, 0) is 0 Å². The maximum absolute atomic E-state index is 12.3. The van der Waals surface area contributed by atoms with E-state index >= 15 is 0 Å². The van der Waals surface area contributed by atoms with Gasteiger partial charge in [-0.25, -0.2) is 8.78 Å². The molecule has 1 rings (SSSR count). The number of alkyl halides is 2. The average Bonchev–Trinajstić information content (AvgIpc) is 2.20. The third-order valence-corrected chi connectivity index (χ3v) is 2.31. The van der Waals surface area contributed by atoms with Crippen LogP contribution in [-0.2, 0) is 4.74 Å². The van der Waals surface area contributed by atoms with Crippen LogP contribution in [0.5, 0.6) is 0 Å². The first-order valence-electron chi connectivity index (χ1n) is 4.49. The minimum Gasteiger partial charge on any atom is -0.374 e. The Bertz CT molecular complexity index is 144. The lowest BCUT2D eigenvalue weighted by Crippen LogP contribution is -2.51. The van der Waals surface area contributed by atoms with Gasteiger partial charge in [0.05, 0.1) is 18.8 Å². The van der Waals surface area contributed by atoms with Crippen molar-refractivity contribution in [1.29, 1.82) is 0 Å². The molecular formula is C8H16F2N2O. The molecule has 0 spiro atoms. The van der Waals surface area contributed by atoms with Gasteiger partial charge >= 0.3 is 0 Å². The van der Waals surface area contributed by atoms with Gasteiger partial charge in [0.15, 0.2) is 0 Å². The minimum absolute atomic E-state index is 0.0747. The summed E-state index contributed by atoms with van der Waals surface area (Å²) in [6.07, 6.45) is -0.0747. The number of hydrogen-bond acceptors (Lipinski definition) is 3. The quantitative estimate of drug-likeness (QED) is 0.682. The molecule has 13 heavy (non-hydrogen) atoms. The Kier molecular flexibility index (Phi) is 4.55. The molecule has 0 aromatic rings. The SMILES string of the molecule is NCC1CN(C(CF)CF)CCO1. The highest BCUT2D eigenvalue weighted by molar-refractivity contribution is 4.78. The summed E-state index contributed by atoms with van der Waals surface area (Å²) in [5, 5.41) is 0. The van der Waals surface area contributed by atoms with Gasteiger partial charge in [0.2, 0.25) is 0 Å².